The summed E-state index contributed by atoms with van der Waals surface area (Å²) in [5.74, 6) is 1.44. The average molecular weight is 311 g/mol. The SMILES string of the molecule is CC1NCCn2c(-c3ccc(F)cc3Br)nnc21. The summed E-state index contributed by atoms with van der Waals surface area (Å²) in [6.45, 7) is 3.77. The van der Waals surface area contributed by atoms with E-state index in [-0.39, 0.29) is 11.9 Å². The fourth-order valence-corrected chi connectivity index (χ4v) is 2.74. The van der Waals surface area contributed by atoms with Gasteiger partial charge in [-0.15, -0.1) is 10.2 Å². The van der Waals surface area contributed by atoms with Crippen LogP contribution in [0, 0.1) is 5.82 Å². The van der Waals surface area contributed by atoms with Crippen molar-refractivity contribution in [3.63, 3.8) is 0 Å². The van der Waals surface area contributed by atoms with Gasteiger partial charge in [-0.2, -0.15) is 0 Å². The fourth-order valence-electron chi connectivity index (χ4n) is 2.21. The Morgan fingerprint density at radius 3 is 3.06 bits per heavy atom. The maximum Gasteiger partial charge on any atom is 0.165 e. The molecule has 1 aromatic heterocycles. The van der Waals surface area contributed by atoms with Gasteiger partial charge in [-0.1, -0.05) is 0 Å². The molecule has 0 amide bonds. The van der Waals surface area contributed by atoms with E-state index in [9.17, 15) is 4.39 Å². The highest BCUT2D eigenvalue weighted by Crippen LogP contribution is 2.29. The molecule has 94 valence electrons. The molecule has 0 spiro atoms. The van der Waals surface area contributed by atoms with Crippen LogP contribution in [0.1, 0.15) is 18.8 Å². The molecule has 0 aliphatic carbocycles. The Bertz CT molecular complexity index is 596. The molecule has 2 heterocycles. The molecule has 18 heavy (non-hydrogen) atoms. The molecule has 2 aromatic rings. The minimum absolute atomic E-state index is 0.194. The van der Waals surface area contributed by atoms with Crippen molar-refractivity contribution in [2.24, 2.45) is 0 Å². The largest absolute Gasteiger partial charge is 0.308 e. The van der Waals surface area contributed by atoms with Crippen molar-refractivity contribution in [3.05, 3.63) is 34.3 Å². The molecule has 0 radical (unpaired) electrons. The van der Waals surface area contributed by atoms with Crippen molar-refractivity contribution >= 4 is 15.9 Å². The predicted molar refractivity (Wildman–Crippen MR) is 69.5 cm³/mol. The summed E-state index contributed by atoms with van der Waals surface area (Å²) in [4.78, 5) is 0. The van der Waals surface area contributed by atoms with Crippen LogP contribution in [0.15, 0.2) is 22.7 Å². The molecule has 1 aromatic carbocycles. The lowest BCUT2D eigenvalue weighted by Gasteiger charge is -2.22. The van der Waals surface area contributed by atoms with Crippen LogP contribution in [0.3, 0.4) is 0 Å². The number of fused-ring (bicyclic) bond motifs is 1. The maximum atomic E-state index is 13.1. The first-order chi connectivity index (χ1) is 8.66. The van der Waals surface area contributed by atoms with Crippen LogP contribution in [0.5, 0.6) is 0 Å². The number of rotatable bonds is 1. The van der Waals surface area contributed by atoms with Gasteiger partial charge in [0.1, 0.15) is 11.6 Å². The minimum Gasteiger partial charge on any atom is -0.308 e. The van der Waals surface area contributed by atoms with Crippen LogP contribution in [0.2, 0.25) is 0 Å². The number of nitrogens with one attached hydrogen (secondary N) is 1. The van der Waals surface area contributed by atoms with E-state index in [1.54, 1.807) is 6.07 Å². The predicted octanol–water partition coefficient (Wildman–Crippen LogP) is 2.51. The molecule has 0 bridgehead atoms. The molecule has 1 N–H and O–H groups in total. The third-order valence-electron chi connectivity index (χ3n) is 3.12. The highest BCUT2D eigenvalue weighted by Gasteiger charge is 2.22. The molecule has 4 nitrogen and oxygen atoms in total. The van der Waals surface area contributed by atoms with Gasteiger partial charge in [0.05, 0.1) is 6.04 Å². The highest BCUT2D eigenvalue weighted by molar-refractivity contribution is 9.10. The van der Waals surface area contributed by atoms with Gasteiger partial charge in [0.15, 0.2) is 5.82 Å². The van der Waals surface area contributed by atoms with Crippen LogP contribution in [0.25, 0.3) is 11.4 Å². The van der Waals surface area contributed by atoms with Gasteiger partial charge in [-0.25, -0.2) is 4.39 Å². The van der Waals surface area contributed by atoms with Crippen molar-refractivity contribution in [2.75, 3.05) is 6.54 Å². The molecule has 0 saturated heterocycles. The Kier molecular flexibility index (Phi) is 2.91. The summed E-state index contributed by atoms with van der Waals surface area (Å²) >= 11 is 3.37. The smallest absolute Gasteiger partial charge is 0.165 e. The van der Waals surface area contributed by atoms with Gasteiger partial charge in [0, 0.05) is 23.1 Å². The number of hydrogen-bond donors (Lipinski definition) is 1. The van der Waals surface area contributed by atoms with E-state index in [0.29, 0.717) is 4.47 Å². The summed E-state index contributed by atoms with van der Waals surface area (Å²) in [5, 5.41) is 11.8. The van der Waals surface area contributed by atoms with Crippen molar-refractivity contribution in [1.82, 2.24) is 20.1 Å². The normalized spacial score (nSPS) is 18.7. The molecule has 0 fully saturated rings. The zero-order valence-electron chi connectivity index (χ0n) is 9.82. The summed E-state index contributed by atoms with van der Waals surface area (Å²) < 4.78 is 15.9. The Morgan fingerprint density at radius 2 is 2.28 bits per heavy atom. The summed E-state index contributed by atoms with van der Waals surface area (Å²) in [5.41, 5.74) is 0.865. The van der Waals surface area contributed by atoms with Crippen LogP contribution < -0.4 is 5.32 Å². The average Bonchev–Trinajstić information content (AvgIpc) is 2.74. The molecular weight excluding hydrogens is 299 g/mol. The zero-order chi connectivity index (χ0) is 12.7. The lowest BCUT2D eigenvalue weighted by molar-refractivity contribution is 0.439. The van der Waals surface area contributed by atoms with Gasteiger partial charge in [0.2, 0.25) is 0 Å². The Hall–Kier alpha value is -1.27. The Balaban J connectivity index is 2.12. The van der Waals surface area contributed by atoms with Crippen molar-refractivity contribution in [2.45, 2.75) is 19.5 Å². The topological polar surface area (TPSA) is 42.7 Å². The van der Waals surface area contributed by atoms with Gasteiger partial charge in [0.25, 0.3) is 0 Å². The molecule has 1 atom stereocenters. The van der Waals surface area contributed by atoms with E-state index in [2.05, 4.69) is 42.9 Å². The minimum atomic E-state index is -0.265. The molecule has 1 unspecified atom stereocenters. The molecule has 1 aliphatic rings. The van der Waals surface area contributed by atoms with E-state index in [4.69, 9.17) is 0 Å². The van der Waals surface area contributed by atoms with Gasteiger partial charge < -0.3 is 9.88 Å². The van der Waals surface area contributed by atoms with Crippen LogP contribution in [0.4, 0.5) is 4.39 Å². The molecule has 6 heteroatoms. The Labute approximate surface area is 112 Å². The van der Waals surface area contributed by atoms with E-state index < -0.39 is 0 Å². The van der Waals surface area contributed by atoms with E-state index in [1.165, 1.54) is 12.1 Å². The second-order valence-electron chi connectivity index (χ2n) is 4.33. The van der Waals surface area contributed by atoms with Crippen molar-refractivity contribution in [1.29, 1.82) is 0 Å². The lowest BCUT2D eigenvalue weighted by atomic mass is 10.2. The maximum absolute atomic E-state index is 13.1. The molecule has 3 rings (SSSR count). The standard InChI is InChI=1S/C12H12BrFN4/c1-7-11-16-17-12(18(11)5-4-15-7)9-3-2-8(14)6-10(9)13/h2-3,6-7,15H,4-5H2,1H3. The first-order valence-corrected chi connectivity index (χ1v) is 6.58. The van der Waals surface area contributed by atoms with Crippen LogP contribution in [-0.4, -0.2) is 21.3 Å². The zero-order valence-corrected chi connectivity index (χ0v) is 11.4. The highest BCUT2D eigenvalue weighted by atomic mass is 79.9. The second-order valence-corrected chi connectivity index (χ2v) is 5.19. The third kappa shape index (κ3) is 1.85. The Morgan fingerprint density at radius 1 is 1.44 bits per heavy atom. The second kappa shape index (κ2) is 4.44. The number of halogens is 2. The monoisotopic (exact) mass is 310 g/mol. The van der Waals surface area contributed by atoms with Gasteiger partial charge in [-0.3, -0.25) is 0 Å². The first-order valence-electron chi connectivity index (χ1n) is 5.78. The molecular formula is C12H12BrFN4. The van der Waals surface area contributed by atoms with Gasteiger partial charge in [-0.05, 0) is 41.1 Å². The third-order valence-corrected chi connectivity index (χ3v) is 3.78. The fraction of sp³-hybridized carbons (Fsp3) is 0.333. The lowest BCUT2D eigenvalue weighted by Crippen LogP contribution is -2.32. The number of nitrogens with zero attached hydrogens (tertiary/aromatic N) is 3. The van der Waals surface area contributed by atoms with Crippen LogP contribution >= 0.6 is 15.9 Å². The molecule has 0 saturated carbocycles. The van der Waals surface area contributed by atoms with Crippen molar-refractivity contribution < 1.29 is 4.39 Å². The number of benzene rings is 1. The summed E-state index contributed by atoms with van der Waals surface area (Å²) in [6.07, 6.45) is 0. The molecule has 1 aliphatic heterocycles. The first kappa shape index (κ1) is 11.8. The van der Waals surface area contributed by atoms with E-state index in [0.717, 1.165) is 30.3 Å². The summed E-state index contributed by atoms with van der Waals surface area (Å²) in [7, 11) is 0. The van der Waals surface area contributed by atoms with Crippen molar-refractivity contribution in [3.8, 4) is 11.4 Å². The summed E-state index contributed by atoms with van der Waals surface area (Å²) in [6, 6.07) is 4.80. The van der Waals surface area contributed by atoms with Crippen LogP contribution in [-0.2, 0) is 6.54 Å². The van der Waals surface area contributed by atoms with E-state index in [1.807, 2.05) is 0 Å². The quantitative estimate of drug-likeness (QED) is 0.880. The van der Waals surface area contributed by atoms with E-state index >= 15 is 0 Å². The number of aromatic nitrogens is 3. The van der Waals surface area contributed by atoms with Gasteiger partial charge >= 0.3 is 0 Å². The number of hydrogen-bond acceptors (Lipinski definition) is 3.